The minimum atomic E-state index is 1.20. The fourth-order valence-corrected chi connectivity index (χ4v) is 1.83. The molecule has 0 nitrogen and oxygen atoms in total. The van der Waals surface area contributed by atoms with Crippen molar-refractivity contribution in [2.75, 3.05) is 0 Å². The zero-order chi connectivity index (χ0) is 13.3. The molecule has 0 aromatic rings. The molecule has 101 valence electrons. The molecule has 0 saturated carbocycles. The van der Waals surface area contributed by atoms with Crippen LogP contribution in [0, 0.1) is 6.58 Å². The van der Waals surface area contributed by atoms with Crippen molar-refractivity contribution >= 4 is 0 Å². The number of unbranched alkanes of at least 4 members (excludes halogenated alkanes) is 8. The van der Waals surface area contributed by atoms with Crippen molar-refractivity contribution < 1.29 is 0 Å². The summed E-state index contributed by atoms with van der Waals surface area (Å²) in [5.41, 5.74) is 0. The molecule has 0 rings (SSSR count). The van der Waals surface area contributed by atoms with Crippen molar-refractivity contribution in [2.24, 2.45) is 0 Å². The molecule has 0 aliphatic carbocycles. The Balaban J connectivity index is 3.19. The summed E-state index contributed by atoms with van der Waals surface area (Å²) in [6, 6.07) is 0. The second-order valence-corrected chi connectivity index (χ2v) is 4.65. The van der Waals surface area contributed by atoms with Crippen LogP contribution in [0.25, 0.3) is 0 Å². The van der Waals surface area contributed by atoms with Crippen LogP contribution in [0.1, 0.15) is 64.7 Å². The van der Waals surface area contributed by atoms with Crippen molar-refractivity contribution in [3.05, 3.63) is 49.1 Å². The maximum atomic E-state index is 5.21. The van der Waals surface area contributed by atoms with Gasteiger partial charge in [-0.25, -0.2) is 0 Å². The number of rotatable bonds is 12. The van der Waals surface area contributed by atoms with Gasteiger partial charge < -0.3 is 0 Å². The third kappa shape index (κ3) is 15.0. The topological polar surface area (TPSA) is 0 Å². The van der Waals surface area contributed by atoms with E-state index >= 15 is 0 Å². The van der Waals surface area contributed by atoms with Gasteiger partial charge in [-0.1, -0.05) is 101 Å². The smallest absolute Gasteiger partial charge is 0.0348 e. The molecule has 0 N–H and O–H groups in total. The van der Waals surface area contributed by atoms with Crippen molar-refractivity contribution in [3.63, 3.8) is 0 Å². The Hall–Kier alpha value is -1.04. The number of hydrogen-bond donors (Lipinski definition) is 0. The summed E-state index contributed by atoms with van der Waals surface area (Å²) in [5.74, 6) is 0. The van der Waals surface area contributed by atoms with Crippen LogP contribution >= 0.6 is 0 Å². The van der Waals surface area contributed by atoms with E-state index in [1.165, 1.54) is 63.9 Å². The van der Waals surface area contributed by atoms with Crippen LogP contribution in [-0.4, -0.2) is 0 Å². The first-order chi connectivity index (χ1) is 8.91. The summed E-state index contributed by atoms with van der Waals surface area (Å²) in [4.78, 5) is 0. The van der Waals surface area contributed by atoms with E-state index in [-0.39, 0.29) is 0 Å². The van der Waals surface area contributed by atoms with E-state index in [1.54, 1.807) is 0 Å². The molecule has 18 heavy (non-hydrogen) atoms. The average molecular weight is 245 g/mol. The molecular formula is C18H29. The maximum absolute atomic E-state index is 5.21. The van der Waals surface area contributed by atoms with Gasteiger partial charge >= 0.3 is 0 Å². The summed E-state index contributed by atoms with van der Waals surface area (Å²) in [6.45, 7) is 7.48. The largest absolute Gasteiger partial charge is 0.0845 e. The minimum Gasteiger partial charge on any atom is -0.0845 e. The first-order valence-electron chi connectivity index (χ1n) is 7.45. The van der Waals surface area contributed by atoms with E-state index in [9.17, 15) is 0 Å². The highest BCUT2D eigenvalue weighted by Crippen LogP contribution is 2.09. The van der Waals surface area contributed by atoms with E-state index in [0.29, 0.717) is 0 Å². The van der Waals surface area contributed by atoms with Crippen LogP contribution < -0.4 is 0 Å². The summed E-state index contributed by atoms with van der Waals surface area (Å²) >= 11 is 0. The van der Waals surface area contributed by atoms with E-state index in [1.807, 2.05) is 24.3 Å². The van der Waals surface area contributed by atoms with E-state index < -0.39 is 0 Å². The predicted molar refractivity (Wildman–Crippen MR) is 83.5 cm³/mol. The zero-order valence-corrected chi connectivity index (χ0v) is 12.0. The Bertz CT molecular complexity index is 243. The fraction of sp³-hybridized carbons (Fsp3) is 0.556. The van der Waals surface area contributed by atoms with Gasteiger partial charge in [-0.05, 0) is 12.8 Å². The van der Waals surface area contributed by atoms with Crippen LogP contribution in [0.2, 0.25) is 0 Å². The first kappa shape index (κ1) is 17.0. The van der Waals surface area contributed by atoms with Gasteiger partial charge in [0.25, 0.3) is 0 Å². The van der Waals surface area contributed by atoms with Crippen LogP contribution in [-0.2, 0) is 0 Å². The molecule has 0 amide bonds. The van der Waals surface area contributed by atoms with Crippen LogP contribution in [0.4, 0.5) is 0 Å². The lowest BCUT2D eigenvalue weighted by Crippen LogP contribution is -1.79. The van der Waals surface area contributed by atoms with E-state index in [4.69, 9.17) is 6.58 Å². The molecule has 0 aromatic heterocycles. The quantitative estimate of drug-likeness (QED) is 0.285. The standard InChI is InChI=1S/C18H29/c1-3-5-7-9-11-13-15-17-18-16-14-12-10-8-6-4-2/h1,3,5,7,9,11,13,15H,4,6,8,10,12,14,16-18H2,2H3/b3-1?,7-5-,11-9-,15-13+. The Kier molecular flexibility index (Phi) is 15.0. The first-order valence-corrected chi connectivity index (χ1v) is 7.45. The SMILES string of the molecule is [CH]=C\C=C/C=C\C=C\CCCCCCCCCC. The Morgan fingerprint density at radius 2 is 1.22 bits per heavy atom. The molecule has 0 heteroatoms. The summed E-state index contributed by atoms with van der Waals surface area (Å²) in [7, 11) is 0. The van der Waals surface area contributed by atoms with Crippen molar-refractivity contribution in [1.29, 1.82) is 0 Å². The molecule has 0 fully saturated rings. The maximum Gasteiger partial charge on any atom is -0.0348 e. The molecule has 0 spiro atoms. The van der Waals surface area contributed by atoms with E-state index in [0.717, 1.165) is 0 Å². The van der Waals surface area contributed by atoms with Crippen LogP contribution in [0.15, 0.2) is 42.5 Å². The van der Waals surface area contributed by atoms with Gasteiger partial charge in [0.05, 0.1) is 0 Å². The lowest BCUT2D eigenvalue weighted by atomic mass is 10.1. The highest BCUT2D eigenvalue weighted by molar-refractivity contribution is 5.13. The molecule has 0 heterocycles. The summed E-state index contributed by atoms with van der Waals surface area (Å²) < 4.78 is 0. The third-order valence-electron chi connectivity index (χ3n) is 2.92. The zero-order valence-electron chi connectivity index (χ0n) is 12.0. The van der Waals surface area contributed by atoms with Gasteiger partial charge in [-0.3, -0.25) is 0 Å². The molecular weight excluding hydrogens is 216 g/mol. The molecule has 0 atom stereocenters. The Morgan fingerprint density at radius 1 is 0.667 bits per heavy atom. The van der Waals surface area contributed by atoms with Crippen molar-refractivity contribution in [3.8, 4) is 0 Å². The van der Waals surface area contributed by atoms with Crippen LogP contribution in [0.3, 0.4) is 0 Å². The predicted octanol–water partition coefficient (Wildman–Crippen LogP) is 6.17. The molecule has 0 aliphatic heterocycles. The van der Waals surface area contributed by atoms with E-state index in [2.05, 4.69) is 19.1 Å². The average Bonchev–Trinajstić information content (AvgIpc) is 2.39. The second kappa shape index (κ2) is 16.0. The molecule has 0 saturated heterocycles. The Labute approximate surface area is 114 Å². The van der Waals surface area contributed by atoms with Gasteiger partial charge in [0, 0.05) is 0 Å². The van der Waals surface area contributed by atoms with Gasteiger partial charge in [-0.15, -0.1) is 0 Å². The summed E-state index contributed by atoms with van der Waals surface area (Å²) in [6.07, 6.45) is 26.0. The molecule has 0 aromatic carbocycles. The molecule has 1 radical (unpaired) electrons. The lowest BCUT2D eigenvalue weighted by Gasteiger charge is -1.99. The fourth-order valence-electron chi connectivity index (χ4n) is 1.83. The van der Waals surface area contributed by atoms with Crippen molar-refractivity contribution in [1.82, 2.24) is 0 Å². The van der Waals surface area contributed by atoms with Gasteiger partial charge in [0.2, 0.25) is 0 Å². The Morgan fingerprint density at radius 3 is 1.89 bits per heavy atom. The van der Waals surface area contributed by atoms with Crippen molar-refractivity contribution in [2.45, 2.75) is 64.7 Å². The van der Waals surface area contributed by atoms with Gasteiger partial charge in [0.1, 0.15) is 0 Å². The van der Waals surface area contributed by atoms with Gasteiger partial charge in [-0.2, -0.15) is 0 Å². The number of hydrogen-bond acceptors (Lipinski definition) is 0. The van der Waals surface area contributed by atoms with Gasteiger partial charge in [0.15, 0.2) is 0 Å². The van der Waals surface area contributed by atoms with Crippen LogP contribution in [0.5, 0.6) is 0 Å². The molecule has 0 bridgehead atoms. The molecule has 0 unspecified atom stereocenters. The molecule has 0 aliphatic rings. The number of allylic oxidation sites excluding steroid dienone is 7. The lowest BCUT2D eigenvalue weighted by molar-refractivity contribution is 0.577. The minimum absolute atomic E-state index is 1.20. The highest BCUT2D eigenvalue weighted by atomic mass is 14.0. The summed E-state index contributed by atoms with van der Waals surface area (Å²) in [5, 5.41) is 0. The second-order valence-electron chi connectivity index (χ2n) is 4.65. The monoisotopic (exact) mass is 245 g/mol. The third-order valence-corrected chi connectivity index (χ3v) is 2.92. The normalized spacial score (nSPS) is 12.1. The highest BCUT2D eigenvalue weighted by Gasteiger charge is 1.89.